The molecule has 0 N–H and O–H groups in total. The Morgan fingerprint density at radius 1 is 1.06 bits per heavy atom. The lowest BCUT2D eigenvalue weighted by molar-refractivity contribution is -0.0839. The van der Waals surface area contributed by atoms with Crippen LogP contribution in [0.1, 0.15) is 18.4 Å². The van der Waals surface area contributed by atoms with Crippen LogP contribution in [0.3, 0.4) is 0 Å². The summed E-state index contributed by atoms with van der Waals surface area (Å²) in [5.41, 5.74) is 2.04. The molecule has 1 spiro atoms. The summed E-state index contributed by atoms with van der Waals surface area (Å²) in [6.07, 6.45) is 2.52. The van der Waals surface area contributed by atoms with Gasteiger partial charge in [0.1, 0.15) is 0 Å². The molecule has 0 atom stereocenters. The van der Waals surface area contributed by atoms with Gasteiger partial charge in [0.05, 0.1) is 0 Å². The molecule has 16 heavy (non-hydrogen) atoms. The van der Waals surface area contributed by atoms with Crippen molar-refractivity contribution >= 4 is 0 Å². The summed E-state index contributed by atoms with van der Waals surface area (Å²) in [7, 11) is 0. The van der Waals surface area contributed by atoms with Crippen LogP contribution in [0.2, 0.25) is 0 Å². The first kappa shape index (κ1) is 10.3. The minimum Gasteiger partial charge on any atom is -0.381 e. The first-order chi connectivity index (χ1) is 7.86. The third kappa shape index (κ3) is 2.00. The fourth-order valence-corrected chi connectivity index (χ4v) is 2.98. The van der Waals surface area contributed by atoms with Crippen LogP contribution in [0.15, 0.2) is 30.3 Å². The molecule has 3 rings (SSSR count). The lowest BCUT2D eigenvalue weighted by atomic mass is 9.73. The minimum atomic E-state index is 0.604. The molecule has 1 aromatic carbocycles. The summed E-state index contributed by atoms with van der Waals surface area (Å²) in [6, 6.07) is 10.8. The molecule has 0 bridgehead atoms. The molecule has 0 amide bonds. The van der Waals surface area contributed by atoms with Crippen LogP contribution in [0.5, 0.6) is 0 Å². The Morgan fingerprint density at radius 3 is 2.44 bits per heavy atom. The molecule has 86 valence electrons. The normalized spacial score (nSPS) is 24.2. The maximum Gasteiger partial charge on any atom is 0.0472 e. The van der Waals surface area contributed by atoms with E-state index in [1.165, 1.54) is 31.5 Å². The second-order valence-corrected chi connectivity index (χ2v) is 5.24. The molecule has 2 heteroatoms. The molecule has 2 nitrogen and oxygen atoms in total. The molecular weight excluding hydrogens is 198 g/mol. The van der Waals surface area contributed by atoms with Crippen LogP contribution in [-0.4, -0.2) is 31.2 Å². The van der Waals surface area contributed by atoms with Gasteiger partial charge >= 0.3 is 0 Å². The Labute approximate surface area is 97.2 Å². The number of likely N-dealkylation sites (tertiary alicyclic amines) is 1. The van der Waals surface area contributed by atoms with Crippen molar-refractivity contribution < 1.29 is 4.74 Å². The van der Waals surface area contributed by atoms with E-state index in [-0.39, 0.29) is 0 Å². The molecule has 0 saturated carbocycles. The van der Waals surface area contributed by atoms with Crippen LogP contribution in [-0.2, 0) is 11.3 Å². The van der Waals surface area contributed by atoms with E-state index in [0.717, 1.165) is 19.8 Å². The molecule has 2 heterocycles. The monoisotopic (exact) mass is 217 g/mol. The van der Waals surface area contributed by atoms with Gasteiger partial charge in [-0.25, -0.2) is 0 Å². The van der Waals surface area contributed by atoms with Gasteiger partial charge in [-0.1, -0.05) is 30.3 Å². The van der Waals surface area contributed by atoms with E-state index in [1.54, 1.807) is 0 Å². The number of benzene rings is 1. The predicted molar refractivity (Wildman–Crippen MR) is 64.2 cm³/mol. The molecule has 1 aromatic rings. The standard InChI is InChI=1S/C14H19NO/c1-2-4-13(5-3-1)10-15-11-14(12-15)6-8-16-9-7-14/h1-5H,6-12H2. The number of ether oxygens (including phenoxy) is 1. The van der Waals surface area contributed by atoms with Gasteiger partial charge in [-0.05, 0) is 18.4 Å². The van der Waals surface area contributed by atoms with Gasteiger partial charge in [-0.3, -0.25) is 4.90 Å². The van der Waals surface area contributed by atoms with Crippen molar-refractivity contribution in [3.8, 4) is 0 Å². The van der Waals surface area contributed by atoms with Gasteiger partial charge in [0.25, 0.3) is 0 Å². The van der Waals surface area contributed by atoms with Crippen molar-refractivity contribution in [2.75, 3.05) is 26.3 Å². The minimum absolute atomic E-state index is 0.604. The average Bonchev–Trinajstić information content (AvgIpc) is 2.30. The van der Waals surface area contributed by atoms with Crippen LogP contribution in [0, 0.1) is 5.41 Å². The van der Waals surface area contributed by atoms with Gasteiger partial charge in [-0.2, -0.15) is 0 Å². The molecule has 2 aliphatic rings. The summed E-state index contributed by atoms with van der Waals surface area (Å²) in [6.45, 7) is 5.60. The van der Waals surface area contributed by atoms with E-state index in [1.807, 2.05) is 0 Å². The zero-order chi connectivity index (χ0) is 10.8. The lowest BCUT2D eigenvalue weighted by Gasteiger charge is -2.52. The van der Waals surface area contributed by atoms with Gasteiger partial charge < -0.3 is 4.74 Å². The highest BCUT2D eigenvalue weighted by Crippen LogP contribution is 2.40. The van der Waals surface area contributed by atoms with Crippen LogP contribution in [0.4, 0.5) is 0 Å². The Hall–Kier alpha value is -0.860. The number of hydrogen-bond acceptors (Lipinski definition) is 2. The van der Waals surface area contributed by atoms with Crippen molar-refractivity contribution in [1.82, 2.24) is 4.90 Å². The second-order valence-electron chi connectivity index (χ2n) is 5.24. The van der Waals surface area contributed by atoms with E-state index in [2.05, 4.69) is 35.2 Å². The van der Waals surface area contributed by atoms with Crippen molar-refractivity contribution in [2.24, 2.45) is 5.41 Å². The highest BCUT2D eigenvalue weighted by atomic mass is 16.5. The van der Waals surface area contributed by atoms with E-state index < -0.39 is 0 Å². The maximum atomic E-state index is 5.44. The quantitative estimate of drug-likeness (QED) is 0.753. The van der Waals surface area contributed by atoms with E-state index in [9.17, 15) is 0 Å². The van der Waals surface area contributed by atoms with Crippen molar-refractivity contribution in [3.63, 3.8) is 0 Å². The van der Waals surface area contributed by atoms with Crippen molar-refractivity contribution in [2.45, 2.75) is 19.4 Å². The van der Waals surface area contributed by atoms with Gasteiger partial charge in [0.2, 0.25) is 0 Å². The third-order valence-corrected chi connectivity index (χ3v) is 3.92. The summed E-state index contributed by atoms with van der Waals surface area (Å²) >= 11 is 0. The Kier molecular flexibility index (Phi) is 2.70. The second kappa shape index (κ2) is 4.19. The lowest BCUT2D eigenvalue weighted by Crippen LogP contribution is -2.57. The summed E-state index contributed by atoms with van der Waals surface area (Å²) in [4.78, 5) is 2.56. The summed E-state index contributed by atoms with van der Waals surface area (Å²) < 4.78 is 5.44. The first-order valence-corrected chi connectivity index (χ1v) is 6.20. The average molecular weight is 217 g/mol. The Balaban J connectivity index is 1.53. The summed E-state index contributed by atoms with van der Waals surface area (Å²) in [5, 5.41) is 0. The first-order valence-electron chi connectivity index (χ1n) is 6.20. The highest BCUT2D eigenvalue weighted by Gasteiger charge is 2.43. The largest absolute Gasteiger partial charge is 0.381 e. The van der Waals surface area contributed by atoms with Crippen LogP contribution >= 0.6 is 0 Å². The van der Waals surface area contributed by atoms with Gasteiger partial charge in [-0.15, -0.1) is 0 Å². The maximum absolute atomic E-state index is 5.44. The Bertz CT molecular complexity index is 335. The molecule has 0 aliphatic carbocycles. The molecule has 2 aliphatic heterocycles. The van der Waals surface area contributed by atoms with Crippen molar-refractivity contribution in [1.29, 1.82) is 0 Å². The number of hydrogen-bond donors (Lipinski definition) is 0. The van der Waals surface area contributed by atoms with Crippen LogP contribution in [0.25, 0.3) is 0 Å². The van der Waals surface area contributed by atoms with E-state index in [4.69, 9.17) is 4.74 Å². The van der Waals surface area contributed by atoms with Crippen LogP contribution < -0.4 is 0 Å². The van der Waals surface area contributed by atoms with E-state index >= 15 is 0 Å². The van der Waals surface area contributed by atoms with E-state index in [0.29, 0.717) is 5.41 Å². The fraction of sp³-hybridized carbons (Fsp3) is 0.571. The zero-order valence-corrected chi connectivity index (χ0v) is 9.69. The molecule has 2 saturated heterocycles. The SMILES string of the molecule is c1ccc(CN2CC3(CCOCC3)C2)cc1. The van der Waals surface area contributed by atoms with Gasteiger partial charge in [0.15, 0.2) is 0 Å². The predicted octanol–water partition coefficient (Wildman–Crippen LogP) is 2.30. The van der Waals surface area contributed by atoms with Gasteiger partial charge in [0, 0.05) is 38.3 Å². The molecular formula is C14H19NO. The smallest absolute Gasteiger partial charge is 0.0472 e. The molecule has 0 aromatic heterocycles. The molecule has 0 radical (unpaired) electrons. The third-order valence-electron chi connectivity index (χ3n) is 3.92. The molecule has 0 unspecified atom stereocenters. The van der Waals surface area contributed by atoms with Crippen molar-refractivity contribution in [3.05, 3.63) is 35.9 Å². The molecule has 2 fully saturated rings. The number of nitrogens with zero attached hydrogens (tertiary/aromatic N) is 1. The fourth-order valence-electron chi connectivity index (χ4n) is 2.98. The number of rotatable bonds is 2. The summed E-state index contributed by atoms with van der Waals surface area (Å²) in [5.74, 6) is 0. The zero-order valence-electron chi connectivity index (χ0n) is 9.69. The topological polar surface area (TPSA) is 12.5 Å². The highest BCUT2D eigenvalue weighted by molar-refractivity contribution is 5.15. The Morgan fingerprint density at radius 2 is 1.75 bits per heavy atom.